The summed E-state index contributed by atoms with van der Waals surface area (Å²) < 4.78 is 0. The van der Waals surface area contributed by atoms with E-state index >= 15 is 0 Å². The van der Waals surface area contributed by atoms with Crippen LogP contribution in [0.5, 0.6) is 0 Å². The first-order valence-electron chi connectivity index (χ1n) is 5.79. The maximum Gasteiger partial charge on any atom is 0.311 e. The summed E-state index contributed by atoms with van der Waals surface area (Å²) in [4.78, 5) is 14.3. The SMILES string of the molecule is O=[N+]([O-])c1ccc(Cl)nc1NCC1CCC(O)C1. The van der Waals surface area contributed by atoms with Crippen LogP contribution in [-0.2, 0) is 0 Å². The number of aliphatic hydroxyl groups excluding tert-OH is 1. The average Bonchev–Trinajstić information content (AvgIpc) is 2.72. The van der Waals surface area contributed by atoms with E-state index in [1.54, 1.807) is 0 Å². The Morgan fingerprint density at radius 1 is 1.56 bits per heavy atom. The highest BCUT2D eigenvalue weighted by Gasteiger charge is 2.24. The van der Waals surface area contributed by atoms with E-state index in [9.17, 15) is 15.2 Å². The molecule has 98 valence electrons. The molecule has 1 saturated carbocycles. The van der Waals surface area contributed by atoms with Gasteiger partial charge in [0.15, 0.2) is 0 Å². The molecule has 1 aromatic heterocycles. The van der Waals surface area contributed by atoms with Crippen molar-refractivity contribution in [3.05, 3.63) is 27.4 Å². The zero-order valence-electron chi connectivity index (χ0n) is 9.67. The summed E-state index contributed by atoms with van der Waals surface area (Å²) in [5, 5.41) is 23.4. The van der Waals surface area contributed by atoms with Gasteiger partial charge >= 0.3 is 5.69 Å². The first kappa shape index (κ1) is 13.0. The molecule has 7 heteroatoms. The zero-order chi connectivity index (χ0) is 13.1. The van der Waals surface area contributed by atoms with E-state index in [0.29, 0.717) is 12.5 Å². The van der Waals surface area contributed by atoms with Crippen molar-refractivity contribution in [3.8, 4) is 0 Å². The van der Waals surface area contributed by atoms with E-state index in [4.69, 9.17) is 11.6 Å². The molecule has 2 unspecified atom stereocenters. The van der Waals surface area contributed by atoms with Crippen LogP contribution in [0.1, 0.15) is 19.3 Å². The monoisotopic (exact) mass is 271 g/mol. The van der Waals surface area contributed by atoms with Gasteiger partial charge in [0, 0.05) is 12.6 Å². The number of hydrogen-bond donors (Lipinski definition) is 2. The molecule has 0 bridgehead atoms. The van der Waals surface area contributed by atoms with Gasteiger partial charge in [-0.15, -0.1) is 0 Å². The van der Waals surface area contributed by atoms with Crippen molar-refractivity contribution >= 4 is 23.1 Å². The molecule has 18 heavy (non-hydrogen) atoms. The van der Waals surface area contributed by atoms with Gasteiger partial charge in [0.25, 0.3) is 0 Å². The van der Waals surface area contributed by atoms with Crippen LogP contribution in [0.4, 0.5) is 11.5 Å². The van der Waals surface area contributed by atoms with Crippen LogP contribution >= 0.6 is 11.6 Å². The van der Waals surface area contributed by atoms with Gasteiger partial charge in [-0.3, -0.25) is 10.1 Å². The molecule has 0 saturated heterocycles. The molecule has 1 aromatic rings. The minimum atomic E-state index is -0.491. The molecule has 1 heterocycles. The number of halogens is 1. The molecule has 2 rings (SSSR count). The van der Waals surface area contributed by atoms with E-state index in [1.165, 1.54) is 12.1 Å². The number of nitrogens with one attached hydrogen (secondary N) is 1. The summed E-state index contributed by atoms with van der Waals surface area (Å²) in [5.74, 6) is 0.509. The first-order chi connectivity index (χ1) is 8.56. The van der Waals surface area contributed by atoms with E-state index in [0.717, 1.165) is 19.3 Å². The van der Waals surface area contributed by atoms with Crippen molar-refractivity contribution in [1.82, 2.24) is 4.98 Å². The number of pyridine rings is 1. The van der Waals surface area contributed by atoms with Crippen LogP contribution in [0.2, 0.25) is 5.15 Å². The molecule has 1 fully saturated rings. The summed E-state index contributed by atoms with van der Waals surface area (Å²) in [6, 6.07) is 2.73. The standard InChI is InChI=1S/C11H14ClN3O3/c12-10-4-3-9(15(17)18)11(14-10)13-6-7-1-2-8(16)5-7/h3-4,7-8,16H,1-2,5-6H2,(H,13,14). The lowest BCUT2D eigenvalue weighted by molar-refractivity contribution is -0.384. The Balaban J connectivity index is 2.04. The Bertz CT molecular complexity index is 455. The molecule has 1 aliphatic rings. The van der Waals surface area contributed by atoms with E-state index in [-0.39, 0.29) is 22.8 Å². The Hall–Kier alpha value is -1.40. The van der Waals surface area contributed by atoms with Gasteiger partial charge in [0.05, 0.1) is 11.0 Å². The summed E-state index contributed by atoms with van der Waals surface area (Å²) >= 11 is 5.73. The van der Waals surface area contributed by atoms with Crippen LogP contribution in [-0.4, -0.2) is 27.7 Å². The molecule has 2 atom stereocenters. The normalized spacial score (nSPS) is 23.0. The molecule has 0 spiro atoms. The Morgan fingerprint density at radius 3 is 2.94 bits per heavy atom. The van der Waals surface area contributed by atoms with E-state index in [2.05, 4.69) is 10.3 Å². The first-order valence-corrected chi connectivity index (χ1v) is 6.17. The fourth-order valence-corrected chi connectivity index (χ4v) is 2.33. The van der Waals surface area contributed by atoms with Crippen molar-refractivity contribution < 1.29 is 10.0 Å². The van der Waals surface area contributed by atoms with Crippen LogP contribution in [0.25, 0.3) is 0 Å². The van der Waals surface area contributed by atoms with Crippen LogP contribution in [0.3, 0.4) is 0 Å². The minimum Gasteiger partial charge on any atom is -0.393 e. The minimum absolute atomic E-state index is 0.0852. The quantitative estimate of drug-likeness (QED) is 0.498. The second kappa shape index (κ2) is 5.49. The van der Waals surface area contributed by atoms with Gasteiger partial charge in [-0.1, -0.05) is 11.6 Å². The molecule has 0 radical (unpaired) electrons. The van der Waals surface area contributed by atoms with Crippen molar-refractivity contribution in [3.63, 3.8) is 0 Å². The fraction of sp³-hybridized carbons (Fsp3) is 0.545. The van der Waals surface area contributed by atoms with Crippen molar-refractivity contribution in [2.45, 2.75) is 25.4 Å². The largest absolute Gasteiger partial charge is 0.393 e. The third-order valence-electron chi connectivity index (χ3n) is 3.11. The molecule has 0 aromatic carbocycles. The zero-order valence-corrected chi connectivity index (χ0v) is 10.4. The van der Waals surface area contributed by atoms with Gasteiger partial charge in [-0.05, 0) is 31.2 Å². The van der Waals surface area contributed by atoms with Crippen LogP contribution in [0, 0.1) is 16.0 Å². The van der Waals surface area contributed by atoms with Gasteiger partial charge in [-0.25, -0.2) is 4.98 Å². The van der Waals surface area contributed by atoms with Crippen LogP contribution < -0.4 is 5.32 Å². The molecule has 6 nitrogen and oxygen atoms in total. The smallest absolute Gasteiger partial charge is 0.311 e. The predicted octanol–water partition coefficient (Wildman–Crippen LogP) is 2.22. The van der Waals surface area contributed by atoms with Crippen LogP contribution in [0.15, 0.2) is 12.1 Å². The topological polar surface area (TPSA) is 88.3 Å². The summed E-state index contributed by atoms with van der Waals surface area (Å²) in [7, 11) is 0. The third kappa shape index (κ3) is 3.08. The molecule has 2 N–H and O–H groups in total. The molecule has 0 aliphatic heterocycles. The highest BCUT2D eigenvalue weighted by atomic mass is 35.5. The Kier molecular flexibility index (Phi) is 3.98. The summed E-state index contributed by atoms with van der Waals surface area (Å²) in [6.45, 7) is 0.561. The fourth-order valence-electron chi connectivity index (χ4n) is 2.18. The lowest BCUT2D eigenvalue weighted by Crippen LogP contribution is -2.14. The van der Waals surface area contributed by atoms with Crippen molar-refractivity contribution in [1.29, 1.82) is 0 Å². The highest BCUT2D eigenvalue weighted by molar-refractivity contribution is 6.29. The predicted molar refractivity (Wildman–Crippen MR) is 67.7 cm³/mol. The van der Waals surface area contributed by atoms with Crippen molar-refractivity contribution in [2.75, 3.05) is 11.9 Å². The second-order valence-electron chi connectivity index (χ2n) is 4.47. The molecule has 0 amide bonds. The lowest BCUT2D eigenvalue weighted by Gasteiger charge is -2.11. The average molecular weight is 272 g/mol. The van der Waals surface area contributed by atoms with Crippen molar-refractivity contribution in [2.24, 2.45) is 5.92 Å². The lowest BCUT2D eigenvalue weighted by atomic mass is 10.1. The second-order valence-corrected chi connectivity index (χ2v) is 4.86. The number of hydrogen-bond acceptors (Lipinski definition) is 5. The van der Waals surface area contributed by atoms with Gasteiger partial charge in [-0.2, -0.15) is 0 Å². The highest BCUT2D eigenvalue weighted by Crippen LogP contribution is 2.28. The Morgan fingerprint density at radius 2 is 2.33 bits per heavy atom. The van der Waals surface area contributed by atoms with Gasteiger partial charge in [0.2, 0.25) is 5.82 Å². The van der Waals surface area contributed by atoms with E-state index < -0.39 is 4.92 Å². The maximum atomic E-state index is 10.8. The van der Waals surface area contributed by atoms with Gasteiger partial charge in [0.1, 0.15) is 5.15 Å². The molecule has 1 aliphatic carbocycles. The Labute approximate surface area is 109 Å². The van der Waals surface area contributed by atoms with E-state index in [1.807, 2.05) is 0 Å². The summed E-state index contributed by atoms with van der Waals surface area (Å²) in [6.07, 6.45) is 2.18. The number of rotatable bonds is 4. The number of anilines is 1. The molecular weight excluding hydrogens is 258 g/mol. The third-order valence-corrected chi connectivity index (χ3v) is 3.32. The number of aliphatic hydroxyl groups is 1. The summed E-state index contributed by atoms with van der Waals surface area (Å²) in [5.41, 5.74) is -0.0852. The number of nitro groups is 1. The maximum absolute atomic E-state index is 10.8. The van der Waals surface area contributed by atoms with Gasteiger partial charge < -0.3 is 10.4 Å². The number of nitrogens with zero attached hydrogens (tertiary/aromatic N) is 2. The molecular formula is C11H14ClN3O3. The number of aromatic nitrogens is 1.